The summed E-state index contributed by atoms with van der Waals surface area (Å²) >= 11 is 0. The van der Waals surface area contributed by atoms with Gasteiger partial charge in [0, 0.05) is 32.2 Å². The van der Waals surface area contributed by atoms with E-state index in [2.05, 4.69) is 28.1 Å². The molecule has 1 aromatic carbocycles. The molecule has 6 nitrogen and oxygen atoms in total. The van der Waals surface area contributed by atoms with Crippen LogP contribution < -0.4 is 16.0 Å². The van der Waals surface area contributed by atoms with E-state index >= 15 is 0 Å². The molecular weight excluding hydrogens is 366 g/mol. The van der Waals surface area contributed by atoms with Crippen LogP contribution in [0.5, 0.6) is 0 Å². The number of ether oxygens (including phenoxy) is 1. The van der Waals surface area contributed by atoms with E-state index < -0.39 is 0 Å². The largest absolute Gasteiger partial charge is 0.376 e. The van der Waals surface area contributed by atoms with Crippen molar-refractivity contribution in [2.75, 3.05) is 19.7 Å². The number of fused-ring (bicyclic) bond motifs is 1. The number of carbonyl (C=O) groups is 2. The maximum absolute atomic E-state index is 12.6. The molecule has 0 bridgehead atoms. The van der Waals surface area contributed by atoms with Gasteiger partial charge in [-0.2, -0.15) is 0 Å². The first-order valence-corrected chi connectivity index (χ1v) is 11.2. The molecule has 2 fully saturated rings. The molecule has 2 atom stereocenters. The number of hydrogen-bond donors (Lipinski definition) is 3. The lowest BCUT2D eigenvalue weighted by Crippen LogP contribution is -2.48. The van der Waals surface area contributed by atoms with Crippen LogP contribution in [0.15, 0.2) is 24.3 Å². The lowest BCUT2D eigenvalue weighted by molar-refractivity contribution is -0.127. The molecule has 6 heteroatoms. The second-order valence-corrected chi connectivity index (χ2v) is 8.75. The topological polar surface area (TPSA) is 79.5 Å². The van der Waals surface area contributed by atoms with Gasteiger partial charge >= 0.3 is 0 Å². The van der Waals surface area contributed by atoms with E-state index in [1.807, 2.05) is 12.1 Å². The summed E-state index contributed by atoms with van der Waals surface area (Å²) in [6.45, 7) is 2.93. The predicted molar refractivity (Wildman–Crippen MR) is 111 cm³/mol. The number of rotatable bonds is 6. The van der Waals surface area contributed by atoms with Crippen LogP contribution in [0, 0.1) is 11.8 Å². The zero-order valence-electron chi connectivity index (χ0n) is 17.1. The van der Waals surface area contributed by atoms with Crippen LogP contribution >= 0.6 is 0 Å². The predicted octanol–water partition coefficient (Wildman–Crippen LogP) is 1.92. The molecule has 0 radical (unpaired) electrons. The maximum Gasteiger partial charge on any atom is 0.237 e. The Hall–Kier alpha value is -1.92. The minimum atomic E-state index is -0.148. The SMILES string of the molecule is O=C(NC[C@@H]1CCCO1)C1CCC(CNC(=O)[C@@H]2Cc3ccccc3CN2)CC1. The van der Waals surface area contributed by atoms with Crippen molar-refractivity contribution in [3.05, 3.63) is 35.4 Å². The van der Waals surface area contributed by atoms with Gasteiger partial charge in [-0.05, 0) is 62.0 Å². The van der Waals surface area contributed by atoms with E-state index in [9.17, 15) is 9.59 Å². The van der Waals surface area contributed by atoms with Crippen LogP contribution in [-0.2, 0) is 27.3 Å². The van der Waals surface area contributed by atoms with Gasteiger partial charge in [0.15, 0.2) is 0 Å². The number of hydrogen-bond acceptors (Lipinski definition) is 4. The normalized spacial score (nSPS) is 29.1. The van der Waals surface area contributed by atoms with E-state index in [0.717, 1.165) is 58.1 Å². The van der Waals surface area contributed by atoms with Crippen molar-refractivity contribution in [2.45, 2.75) is 63.6 Å². The van der Waals surface area contributed by atoms with Crippen molar-refractivity contribution in [3.63, 3.8) is 0 Å². The highest BCUT2D eigenvalue weighted by Crippen LogP contribution is 2.28. The van der Waals surface area contributed by atoms with Crippen LogP contribution in [-0.4, -0.2) is 43.7 Å². The minimum Gasteiger partial charge on any atom is -0.376 e. The molecule has 0 aromatic heterocycles. The molecule has 0 unspecified atom stereocenters. The molecule has 3 N–H and O–H groups in total. The third-order valence-electron chi connectivity index (χ3n) is 6.71. The molecule has 3 aliphatic rings. The Morgan fingerprint density at radius 2 is 1.72 bits per heavy atom. The summed E-state index contributed by atoms with van der Waals surface area (Å²) in [6.07, 6.45) is 6.91. The number of nitrogens with one attached hydrogen (secondary N) is 3. The maximum atomic E-state index is 12.6. The Morgan fingerprint density at radius 1 is 0.966 bits per heavy atom. The van der Waals surface area contributed by atoms with E-state index in [1.165, 1.54) is 11.1 Å². The molecule has 29 heavy (non-hydrogen) atoms. The third-order valence-corrected chi connectivity index (χ3v) is 6.71. The van der Waals surface area contributed by atoms with Gasteiger partial charge in [0.1, 0.15) is 0 Å². The lowest BCUT2D eigenvalue weighted by Gasteiger charge is -2.29. The second kappa shape index (κ2) is 9.72. The fourth-order valence-corrected chi connectivity index (χ4v) is 4.80. The Balaban J connectivity index is 1.14. The van der Waals surface area contributed by atoms with E-state index in [4.69, 9.17) is 4.74 Å². The Morgan fingerprint density at radius 3 is 2.48 bits per heavy atom. The summed E-state index contributed by atoms with van der Waals surface area (Å²) in [7, 11) is 0. The minimum absolute atomic E-state index is 0.0935. The summed E-state index contributed by atoms with van der Waals surface area (Å²) in [4.78, 5) is 25.0. The molecule has 1 aromatic rings. The number of benzene rings is 1. The van der Waals surface area contributed by atoms with Gasteiger partial charge in [0.05, 0.1) is 12.1 Å². The fourth-order valence-electron chi connectivity index (χ4n) is 4.80. The van der Waals surface area contributed by atoms with Crippen LogP contribution in [0.2, 0.25) is 0 Å². The van der Waals surface area contributed by atoms with Crippen molar-refractivity contribution >= 4 is 11.8 Å². The summed E-state index contributed by atoms with van der Waals surface area (Å²) in [5.74, 6) is 0.848. The lowest BCUT2D eigenvalue weighted by atomic mass is 9.81. The number of amides is 2. The summed E-state index contributed by atoms with van der Waals surface area (Å²) in [5.41, 5.74) is 2.55. The molecule has 0 spiro atoms. The van der Waals surface area contributed by atoms with Crippen molar-refractivity contribution in [1.29, 1.82) is 0 Å². The molecular formula is C23H33N3O3. The molecule has 2 amide bonds. The average Bonchev–Trinajstić information content (AvgIpc) is 3.29. The molecule has 158 valence electrons. The van der Waals surface area contributed by atoms with E-state index in [-0.39, 0.29) is 29.9 Å². The van der Waals surface area contributed by atoms with Crippen LogP contribution in [0.4, 0.5) is 0 Å². The van der Waals surface area contributed by atoms with Gasteiger partial charge in [-0.25, -0.2) is 0 Å². The Kier molecular flexibility index (Phi) is 6.82. The first-order valence-electron chi connectivity index (χ1n) is 11.2. The van der Waals surface area contributed by atoms with Gasteiger partial charge in [-0.15, -0.1) is 0 Å². The van der Waals surface area contributed by atoms with Crippen molar-refractivity contribution in [2.24, 2.45) is 11.8 Å². The van der Waals surface area contributed by atoms with Gasteiger partial charge in [0.2, 0.25) is 11.8 Å². The van der Waals surface area contributed by atoms with Crippen LogP contribution in [0.3, 0.4) is 0 Å². The smallest absolute Gasteiger partial charge is 0.237 e. The Bertz CT molecular complexity index is 709. The summed E-state index contributed by atoms with van der Waals surface area (Å²) in [6, 6.07) is 8.16. The van der Waals surface area contributed by atoms with Crippen LogP contribution in [0.25, 0.3) is 0 Å². The van der Waals surface area contributed by atoms with Crippen molar-refractivity contribution in [1.82, 2.24) is 16.0 Å². The third kappa shape index (κ3) is 5.37. The average molecular weight is 400 g/mol. The van der Waals surface area contributed by atoms with Crippen molar-refractivity contribution in [3.8, 4) is 0 Å². The first-order chi connectivity index (χ1) is 14.2. The van der Waals surface area contributed by atoms with Crippen molar-refractivity contribution < 1.29 is 14.3 Å². The van der Waals surface area contributed by atoms with Crippen LogP contribution in [0.1, 0.15) is 49.7 Å². The molecule has 1 saturated carbocycles. The molecule has 2 heterocycles. The van der Waals surface area contributed by atoms with E-state index in [0.29, 0.717) is 19.0 Å². The van der Waals surface area contributed by atoms with Gasteiger partial charge < -0.3 is 20.7 Å². The molecule has 4 rings (SSSR count). The van der Waals surface area contributed by atoms with Gasteiger partial charge in [-0.1, -0.05) is 24.3 Å². The quantitative estimate of drug-likeness (QED) is 0.683. The fraction of sp³-hybridized carbons (Fsp3) is 0.652. The highest BCUT2D eigenvalue weighted by molar-refractivity contribution is 5.82. The number of carbonyl (C=O) groups excluding carboxylic acids is 2. The Labute approximate surface area is 173 Å². The van der Waals surface area contributed by atoms with Gasteiger partial charge in [-0.3, -0.25) is 9.59 Å². The highest BCUT2D eigenvalue weighted by atomic mass is 16.5. The zero-order valence-corrected chi connectivity index (χ0v) is 17.1. The summed E-state index contributed by atoms with van der Waals surface area (Å²) in [5, 5.41) is 9.56. The molecule has 2 aliphatic heterocycles. The molecule has 1 aliphatic carbocycles. The highest BCUT2D eigenvalue weighted by Gasteiger charge is 2.29. The first kappa shape index (κ1) is 20.4. The standard InChI is InChI=1S/C23H33N3O3/c27-22(26-15-20-6-3-11-29-20)17-9-7-16(8-10-17)13-25-23(28)21-12-18-4-1-2-5-19(18)14-24-21/h1-2,4-5,16-17,20-21,24H,3,6-15H2,(H,25,28)(H,26,27)/t16?,17?,20-,21-/m0/s1. The summed E-state index contributed by atoms with van der Waals surface area (Å²) < 4.78 is 5.57. The second-order valence-electron chi connectivity index (χ2n) is 8.75. The zero-order chi connectivity index (χ0) is 20.1. The monoisotopic (exact) mass is 399 g/mol. The van der Waals surface area contributed by atoms with Gasteiger partial charge in [0.25, 0.3) is 0 Å². The molecule has 1 saturated heterocycles. The van der Waals surface area contributed by atoms with E-state index in [1.54, 1.807) is 0 Å².